The number of nitrogens with zero attached hydrogens (tertiary/aromatic N) is 2. The summed E-state index contributed by atoms with van der Waals surface area (Å²) in [6.07, 6.45) is 1.25. The van der Waals surface area contributed by atoms with E-state index in [1.807, 2.05) is 0 Å². The third-order valence-electron chi connectivity index (χ3n) is 2.49. The van der Waals surface area contributed by atoms with Gasteiger partial charge < -0.3 is 15.8 Å². The first-order valence-corrected chi connectivity index (χ1v) is 5.44. The number of hydrogen-bond donors (Lipinski definition) is 2. The van der Waals surface area contributed by atoms with E-state index in [-0.39, 0.29) is 23.7 Å². The smallest absolute Gasteiger partial charge is 0.203 e. The Bertz CT molecular complexity index is 592. The molecule has 3 N–H and O–H groups in total. The van der Waals surface area contributed by atoms with Crippen LogP contribution >= 0.6 is 0 Å². The Morgan fingerprint density at radius 1 is 1.32 bits per heavy atom. The fourth-order valence-electron chi connectivity index (χ4n) is 1.57. The number of hydrogen-bond acceptors (Lipinski definition) is 5. The molecule has 0 unspecified atom stereocenters. The Morgan fingerprint density at radius 2 is 2.11 bits per heavy atom. The van der Waals surface area contributed by atoms with Crippen LogP contribution in [-0.2, 0) is 6.54 Å². The van der Waals surface area contributed by atoms with Crippen LogP contribution in [0.25, 0.3) is 0 Å². The van der Waals surface area contributed by atoms with Gasteiger partial charge in [-0.25, -0.2) is 18.7 Å². The number of aromatic nitrogens is 2. The molecule has 0 bridgehead atoms. The SMILES string of the molecule is COc1c(N)ncnc1NCc1cc(F)ccc1F. The maximum atomic E-state index is 13.4. The first-order chi connectivity index (χ1) is 9.11. The van der Waals surface area contributed by atoms with Gasteiger partial charge >= 0.3 is 0 Å². The number of nitrogens with two attached hydrogens (primary N) is 1. The third-order valence-corrected chi connectivity index (χ3v) is 2.49. The van der Waals surface area contributed by atoms with Gasteiger partial charge in [0.1, 0.15) is 18.0 Å². The summed E-state index contributed by atoms with van der Waals surface area (Å²) >= 11 is 0. The van der Waals surface area contributed by atoms with Crippen LogP contribution in [0.2, 0.25) is 0 Å². The topological polar surface area (TPSA) is 73.1 Å². The van der Waals surface area contributed by atoms with E-state index in [2.05, 4.69) is 15.3 Å². The van der Waals surface area contributed by atoms with Crippen molar-refractivity contribution in [2.75, 3.05) is 18.2 Å². The standard InChI is InChI=1S/C12H12F2N4O/c1-19-10-11(15)17-6-18-12(10)16-5-7-4-8(13)2-3-9(7)14/h2-4,6H,5H2,1H3,(H3,15,16,17,18). The quantitative estimate of drug-likeness (QED) is 0.885. The molecule has 19 heavy (non-hydrogen) atoms. The second-order valence-corrected chi connectivity index (χ2v) is 3.73. The number of nitrogens with one attached hydrogen (secondary N) is 1. The van der Waals surface area contributed by atoms with Gasteiger partial charge in [0.05, 0.1) is 7.11 Å². The Balaban J connectivity index is 2.19. The number of anilines is 2. The number of ether oxygens (including phenoxy) is 1. The molecule has 0 radical (unpaired) electrons. The van der Waals surface area contributed by atoms with Gasteiger partial charge in [-0.2, -0.15) is 0 Å². The first kappa shape index (κ1) is 13.0. The van der Waals surface area contributed by atoms with E-state index in [4.69, 9.17) is 10.5 Å². The van der Waals surface area contributed by atoms with Gasteiger partial charge in [0.2, 0.25) is 5.75 Å². The largest absolute Gasteiger partial charge is 0.490 e. The zero-order valence-electron chi connectivity index (χ0n) is 10.2. The van der Waals surface area contributed by atoms with Crippen LogP contribution in [0.3, 0.4) is 0 Å². The van der Waals surface area contributed by atoms with E-state index in [9.17, 15) is 8.78 Å². The molecule has 1 heterocycles. The van der Waals surface area contributed by atoms with Crippen molar-refractivity contribution >= 4 is 11.6 Å². The minimum atomic E-state index is -0.507. The lowest BCUT2D eigenvalue weighted by Crippen LogP contribution is -2.07. The highest BCUT2D eigenvalue weighted by Gasteiger charge is 2.10. The van der Waals surface area contributed by atoms with Crippen LogP contribution in [0.15, 0.2) is 24.5 Å². The summed E-state index contributed by atoms with van der Waals surface area (Å²) in [5.41, 5.74) is 5.78. The van der Waals surface area contributed by atoms with E-state index in [1.54, 1.807) is 0 Å². The molecule has 0 saturated heterocycles. The van der Waals surface area contributed by atoms with E-state index in [0.29, 0.717) is 5.82 Å². The van der Waals surface area contributed by atoms with E-state index >= 15 is 0 Å². The Kier molecular flexibility index (Phi) is 3.74. The van der Waals surface area contributed by atoms with Crippen LogP contribution in [0.5, 0.6) is 5.75 Å². The molecule has 0 aliphatic rings. The molecule has 0 aliphatic carbocycles. The van der Waals surface area contributed by atoms with Crippen molar-refractivity contribution in [1.29, 1.82) is 0 Å². The van der Waals surface area contributed by atoms with Crippen molar-refractivity contribution < 1.29 is 13.5 Å². The number of benzene rings is 1. The predicted octanol–water partition coefficient (Wildman–Crippen LogP) is 1.96. The number of methoxy groups -OCH3 is 1. The minimum absolute atomic E-state index is 0.0520. The van der Waals surface area contributed by atoms with Crippen molar-refractivity contribution in [3.8, 4) is 5.75 Å². The van der Waals surface area contributed by atoms with E-state index < -0.39 is 11.6 Å². The van der Waals surface area contributed by atoms with Crippen molar-refractivity contribution in [3.05, 3.63) is 41.7 Å². The highest BCUT2D eigenvalue weighted by molar-refractivity contribution is 5.61. The van der Waals surface area contributed by atoms with Crippen LogP contribution in [-0.4, -0.2) is 17.1 Å². The first-order valence-electron chi connectivity index (χ1n) is 5.44. The fraction of sp³-hybridized carbons (Fsp3) is 0.167. The average molecular weight is 266 g/mol. The zero-order valence-corrected chi connectivity index (χ0v) is 10.2. The van der Waals surface area contributed by atoms with E-state index in [0.717, 1.165) is 18.2 Å². The van der Waals surface area contributed by atoms with Crippen molar-refractivity contribution in [2.24, 2.45) is 0 Å². The molecule has 100 valence electrons. The van der Waals surface area contributed by atoms with Gasteiger partial charge in [-0.1, -0.05) is 0 Å². The highest BCUT2D eigenvalue weighted by atomic mass is 19.1. The molecule has 7 heteroatoms. The molecule has 2 rings (SSSR count). The minimum Gasteiger partial charge on any atom is -0.490 e. The summed E-state index contributed by atoms with van der Waals surface area (Å²) in [5.74, 6) is -0.264. The van der Waals surface area contributed by atoms with Crippen molar-refractivity contribution in [1.82, 2.24) is 9.97 Å². The second kappa shape index (κ2) is 5.47. The van der Waals surface area contributed by atoms with Gasteiger partial charge in [-0.3, -0.25) is 0 Å². The van der Waals surface area contributed by atoms with Gasteiger partial charge in [0.15, 0.2) is 11.6 Å². The number of nitrogen functional groups attached to an aromatic ring is 1. The van der Waals surface area contributed by atoms with Gasteiger partial charge in [0, 0.05) is 12.1 Å². The van der Waals surface area contributed by atoms with E-state index in [1.165, 1.54) is 13.4 Å². The van der Waals surface area contributed by atoms with Crippen LogP contribution in [0.4, 0.5) is 20.4 Å². The molecule has 0 atom stereocenters. The van der Waals surface area contributed by atoms with Gasteiger partial charge in [0.25, 0.3) is 0 Å². The Hall–Kier alpha value is -2.44. The molecule has 0 aliphatic heterocycles. The molecule has 1 aromatic heterocycles. The molecule has 0 saturated carbocycles. The lowest BCUT2D eigenvalue weighted by molar-refractivity contribution is 0.415. The van der Waals surface area contributed by atoms with Crippen molar-refractivity contribution in [3.63, 3.8) is 0 Å². The predicted molar refractivity (Wildman–Crippen MR) is 66.7 cm³/mol. The normalized spacial score (nSPS) is 10.3. The summed E-state index contributed by atoms with van der Waals surface area (Å²) < 4.78 is 31.5. The third kappa shape index (κ3) is 2.87. The zero-order chi connectivity index (χ0) is 13.8. The highest BCUT2D eigenvalue weighted by Crippen LogP contribution is 2.26. The summed E-state index contributed by atoms with van der Waals surface area (Å²) in [4.78, 5) is 7.70. The maximum Gasteiger partial charge on any atom is 0.203 e. The molecule has 5 nitrogen and oxygen atoms in total. The molecular weight excluding hydrogens is 254 g/mol. The fourth-order valence-corrected chi connectivity index (χ4v) is 1.57. The van der Waals surface area contributed by atoms with Gasteiger partial charge in [-0.05, 0) is 18.2 Å². The molecule has 0 amide bonds. The monoisotopic (exact) mass is 266 g/mol. The summed E-state index contributed by atoms with van der Waals surface area (Å²) in [6.45, 7) is 0.0520. The second-order valence-electron chi connectivity index (χ2n) is 3.73. The average Bonchev–Trinajstić information content (AvgIpc) is 2.40. The Morgan fingerprint density at radius 3 is 2.84 bits per heavy atom. The number of rotatable bonds is 4. The molecule has 1 aromatic carbocycles. The summed E-state index contributed by atoms with van der Waals surface area (Å²) in [6, 6.07) is 3.24. The van der Waals surface area contributed by atoms with Gasteiger partial charge in [-0.15, -0.1) is 0 Å². The molecular formula is C12H12F2N4O. The lowest BCUT2D eigenvalue weighted by Gasteiger charge is -2.11. The molecule has 0 fully saturated rings. The number of halogens is 2. The van der Waals surface area contributed by atoms with Crippen LogP contribution in [0, 0.1) is 11.6 Å². The Labute approximate surface area is 108 Å². The summed E-state index contributed by atoms with van der Waals surface area (Å²) in [5, 5.41) is 2.83. The lowest BCUT2D eigenvalue weighted by atomic mass is 10.2. The molecule has 0 spiro atoms. The van der Waals surface area contributed by atoms with Crippen molar-refractivity contribution in [2.45, 2.75) is 6.54 Å². The summed E-state index contributed by atoms with van der Waals surface area (Å²) in [7, 11) is 1.42. The maximum absolute atomic E-state index is 13.4. The van der Waals surface area contributed by atoms with Crippen LogP contribution < -0.4 is 15.8 Å². The molecule has 2 aromatic rings. The van der Waals surface area contributed by atoms with Crippen LogP contribution in [0.1, 0.15) is 5.56 Å².